The molecule has 1 aliphatic rings. The molecule has 0 saturated carbocycles. The smallest absolute Gasteiger partial charge is 0.329 e. The SMILES string of the molecule is CCC(C)(C)C(=O)C(=O)N1CCC[C@H]1C(=O)OCC=Cc1cc(OC)ccc1OC. The van der Waals surface area contributed by atoms with E-state index < -0.39 is 29.1 Å². The Hall–Kier alpha value is -2.83. The van der Waals surface area contributed by atoms with Crippen LogP contribution in [0.5, 0.6) is 11.5 Å². The van der Waals surface area contributed by atoms with E-state index in [0.717, 1.165) is 5.56 Å². The van der Waals surface area contributed by atoms with Crippen molar-refractivity contribution in [1.82, 2.24) is 4.90 Å². The Kier molecular flexibility index (Phi) is 8.03. The molecule has 0 N–H and O–H groups in total. The van der Waals surface area contributed by atoms with E-state index in [9.17, 15) is 14.4 Å². The summed E-state index contributed by atoms with van der Waals surface area (Å²) in [6.45, 7) is 5.79. The fraction of sp³-hybridized carbons (Fsp3) is 0.522. The number of likely N-dealkylation sites (tertiary alicyclic amines) is 1. The Morgan fingerprint density at radius 2 is 1.93 bits per heavy atom. The van der Waals surface area contributed by atoms with Gasteiger partial charge in [-0.05, 0) is 43.5 Å². The van der Waals surface area contributed by atoms with Crippen molar-refractivity contribution < 1.29 is 28.6 Å². The monoisotopic (exact) mass is 417 g/mol. The minimum Gasteiger partial charge on any atom is -0.497 e. The Morgan fingerprint density at radius 1 is 1.20 bits per heavy atom. The molecule has 1 heterocycles. The van der Waals surface area contributed by atoms with E-state index in [-0.39, 0.29) is 6.61 Å². The molecule has 2 rings (SSSR count). The van der Waals surface area contributed by atoms with Crippen LogP contribution in [0.1, 0.15) is 45.6 Å². The highest BCUT2D eigenvalue weighted by atomic mass is 16.5. The molecule has 1 atom stereocenters. The van der Waals surface area contributed by atoms with Crippen LogP contribution in [0.3, 0.4) is 0 Å². The van der Waals surface area contributed by atoms with Gasteiger partial charge in [-0.1, -0.05) is 26.8 Å². The standard InChI is InChI=1S/C23H31NO6/c1-6-23(2,3)20(25)21(26)24-13-7-10-18(24)22(27)30-14-8-9-16-15-17(28-4)11-12-19(16)29-5/h8-9,11-12,15,18H,6-7,10,13-14H2,1-5H3/t18-/m0/s1. The third-order valence-corrected chi connectivity index (χ3v) is 5.53. The third kappa shape index (κ3) is 5.40. The van der Waals surface area contributed by atoms with Crippen LogP contribution in [0.25, 0.3) is 6.08 Å². The molecule has 164 valence electrons. The number of esters is 1. The molecular formula is C23H31NO6. The van der Waals surface area contributed by atoms with Crippen LogP contribution < -0.4 is 9.47 Å². The first-order valence-corrected chi connectivity index (χ1v) is 10.2. The molecule has 1 fully saturated rings. The van der Waals surface area contributed by atoms with Gasteiger partial charge >= 0.3 is 5.97 Å². The first kappa shape index (κ1) is 23.4. The Morgan fingerprint density at radius 3 is 2.57 bits per heavy atom. The van der Waals surface area contributed by atoms with E-state index in [1.54, 1.807) is 52.4 Å². The van der Waals surface area contributed by atoms with Crippen molar-refractivity contribution in [3.05, 3.63) is 29.8 Å². The summed E-state index contributed by atoms with van der Waals surface area (Å²) in [6.07, 6.45) is 5.19. The van der Waals surface area contributed by atoms with Gasteiger partial charge in [-0.2, -0.15) is 0 Å². The van der Waals surface area contributed by atoms with Gasteiger partial charge in [0.2, 0.25) is 5.78 Å². The van der Waals surface area contributed by atoms with E-state index in [0.29, 0.717) is 37.3 Å². The minimum atomic E-state index is -0.743. The van der Waals surface area contributed by atoms with E-state index in [1.807, 2.05) is 13.0 Å². The highest BCUT2D eigenvalue weighted by molar-refractivity contribution is 6.38. The number of carbonyl (C=O) groups excluding carboxylic acids is 3. The van der Waals surface area contributed by atoms with Gasteiger partial charge < -0.3 is 19.1 Å². The maximum absolute atomic E-state index is 12.6. The number of benzene rings is 1. The number of hydrogen-bond donors (Lipinski definition) is 0. The highest BCUT2D eigenvalue weighted by Crippen LogP contribution is 2.27. The summed E-state index contributed by atoms with van der Waals surface area (Å²) in [5.74, 6) is -0.201. The minimum absolute atomic E-state index is 0.0477. The zero-order valence-corrected chi connectivity index (χ0v) is 18.4. The van der Waals surface area contributed by atoms with E-state index in [4.69, 9.17) is 14.2 Å². The zero-order valence-electron chi connectivity index (χ0n) is 18.4. The topological polar surface area (TPSA) is 82.1 Å². The Bertz CT molecular complexity index is 814. The van der Waals surface area contributed by atoms with Crippen LogP contribution >= 0.6 is 0 Å². The van der Waals surface area contributed by atoms with Gasteiger partial charge in [0.1, 0.15) is 24.1 Å². The molecule has 1 aromatic rings. The van der Waals surface area contributed by atoms with Crippen LogP contribution in [-0.2, 0) is 19.1 Å². The zero-order chi connectivity index (χ0) is 22.3. The highest BCUT2D eigenvalue weighted by Gasteiger charge is 2.41. The van der Waals surface area contributed by atoms with Gasteiger partial charge in [-0.25, -0.2) is 4.79 Å². The molecule has 1 saturated heterocycles. The summed E-state index contributed by atoms with van der Waals surface area (Å²) in [7, 11) is 3.16. The molecule has 1 aromatic carbocycles. The maximum Gasteiger partial charge on any atom is 0.329 e. The van der Waals surface area contributed by atoms with Crippen molar-refractivity contribution in [2.24, 2.45) is 5.41 Å². The second-order valence-electron chi connectivity index (χ2n) is 7.86. The van der Waals surface area contributed by atoms with Crippen LogP contribution in [0.2, 0.25) is 0 Å². The van der Waals surface area contributed by atoms with Gasteiger partial charge in [0.05, 0.1) is 14.2 Å². The third-order valence-electron chi connectivity index (χ3n) is 5.53. The number of methoxy groups -OCH3 is 2. The van der Waals surface area contributed by atoms with Crippen LogP contribution in [-0.4, -0.2) is 56.0 Å². The summed E-state index contributed by atoms with van der Waals surface area (Å²) in [4.78, 5) is 39.0. The number of amides is 1. The number of Topliss-reactive ketones (excluding diaryl/α,β-unsaturated/α-hetero) is 1. The summed E-state index contributed by atoms with van der Waals surface area (Å²) in [5, 5.41) is 0. The predicted molar refractivity (Wildman–Crippen MR) is 113 cm³/mol. The number of rotatable bonds is 9. The van der Waals surface area contributed by atoms with Crippen molar-refractivity contribution in [2.45, 2.75) is 46.1 Å². The van der Waals surface area contributed by atoms with E-state index in [1.165, 1.54) is 4.90 Å². The number of carbonyl (C=O) groups is 3. The molecule has 0 aromatic heterocycles. The first-order chi connectivity index (χ1) is 14.2. The second-order valence-corrected chi connectivity index (χ2v) is 7.86. The lowest BCUT2D eigenvalue weighted by atomic mass is 9.84. The summed E-state index contributed by atoms with van der Waals surface area (Å²) < 4.78 is 15.9. The van der Waals surface area contributed by atoms with E-state index >= 15 is 0 Å². The van der Waals surface area contributed by atoms with Gasteiger partial charge in [-0.3, -0.25) is 9.59 Å². The van der Waals surface area contributed by atoms with Crippen molar-refractivity contribution in [3.63, 3.8) is 0 Å². The summed E-state index contributed by atoms with van der Waals surface area (Å²) in [6, 6.07) is 4.69. The van der Waals surface area contributed by atoms with Gasteiger partial charge in [-0.15, -0.1) is 0 Å². The fourth-order valence-electron chi connectivity index (χ4n) is 3.21. The molecule has 7 nitrogen and oxygen atoms in total. The lowest BCUT2D eigenvalue weighted by molar-refractivity contribution is -0.156. The average Bonchev–Trinajstić information content (AvgIpc) is 3.25. The quantitative estimate of drug-likeness (QED) is 0.453. The van der Waals surface area contributed by atoms with Crippen LogP contribution in [0.15, 0.2) is 24.3 Å². The maximum atomic E-state index is 12.6. The first-order valence-electron chi connectivity index (χ1n) is 10.2. The lowest BCUT2D eigenvalue weighted by Crippen LogP contribution is -2.47. The van der Waals surface area contributed by atoms with Crippen molar-refractivity contribution in [1.29, 1.82) is 0 Å². The number of ketones is 1. The van der Waals surface area contributed by atoms with Crippen LogP contribution in [0, 0.1) is 5.41 Å². The van der Waals surface area contributed by atoms with Crippen molar-refractivity contribution >= 4 is 23.7 Å². The number of ether oxygens (including phenoxy) is 3. The average molecular weight is 418 g/mol. The van der Waals surface area contributed by atoms with Gasteiger partial charge in [0, 0.05) is 17.5 Å². The molecular weight excluding hydrogens is 386 g/mol. The molecule has 0 unspecified atom stereocenters. The van der Waals surface area contributed by atoms with Crippen molar-refractivity contribution in [3.8, 4) is 11.5 Å². The van der Waals surface area contributed by atoms with Crippen LogP contribution in [0.4, 0.5) is 0 Å². The number of nitrogens with zero attached hydrogens (tertiary/aromatic N) is 1. The van der Waals surface area contributed by atoms with Crippen molar-refractivity contribution in [2.75, 3.05) is 27.4 Å². The number of hydrogen-bond acceptors (Lipinski definition) is 6. The molecule has 1 amide bonds. The Labute approximate surface area is 178 Å². The largest absolute Gasteiger partial charge is 0.497 e. The predicted octanol–water partition coefficient (Wildman–Crippen LogP) is 3.26. The fourth-order valence-corrected chi connectivity index (χ4v) is 3.21. The molecule has 7 heteroatoms. The summed E-state index contributed by atoms with van der Waals surface area (Å²) in [5.41, 5.74) is 0.0464. The van der Waals surface area contributed by atoms with E-state index in [2.05, 4.69) is 0 Å². The molecule has 0 spiro atoms. The molecule has 0 radical (unpaired) electrons. The van der Waals surface area contributed by atoms with Gasteiger partial charge in [0.25, 0.3) is 5.91 Å². The molecule has 30 heavy (non-hydrogen) atoms. The molecule has 1 aliphatic heterocycles. The molecule has 0 bridgehead atoms. The summed E-state index contributed by atoms with van der Waals surface area (Å²) >= 11 is 0. The second kappa shape index (κ2) is 10.3. The Balaban J connectivity index is 1.98. The normalized spacial score (nSPS) is 16.6. The lowest BCUT2D eigenvalue weighted by Gasteiger charge is -2.27. The molecule has 0 aliphatic carbocycles. The van der Waals surface area contributed by atoms with Gasteiger partial charge in [0.15, 0.2) is 0 Å².